The lowest BCUT2D eigenvalue weighted by atomic mass is 10.1. The average molecular weight is 361 g/mol. The number of pyridine rings is 1. The molecule has 5 nitrogen and oxygen atoms in total. The molecule has 138 valence electrons. The molecule has 1 aromatic heterocycles. The third-order valence-electron chi connectivity index (χ3n) is 4.31. The van der Waals surface area contributed by atoms with E-state index in [1.807, 2.05) is 61.5 Å². The summed E-state index contributed by atoms with van der Waals surface area (Å²) >= 11 is 0. The minimum Gasteiger partial charge on any atom is -0.496 e. The third kappa shape index (κ3) is 4.85. The average Bonchev–Trinajstić information content (AvgIpc) is 2.70. The number of nitrogens with one attached hydrogen (secondary N) is 2. The molecule has 2 aromatic carbocycles. The van der Waals surface area contributed by atoms with E-state index in [2.05, 4.69) is 15.6 Å². The van der Waals surface area contributed by atoms with Gasteiger partial charge in [0.1, 0.15) is 11.6 Å². The fourth-order valence-electron chi connectivity index (χ4n) is 2.78. The number of benzene rings is 2. The van der Waals surface area contributed by atoms with E-state index in [1.165, 1.54) is 0 Å². The van der Waals surface area contributed by atoms with E-state index in [0.29, 0.717) is 5.56 Å². The van der Waals surface area contributed by atoms with Crippen molar-refractivity contribution in [2.45, 2.75) is 13.3 Å². The van der Waals surface area contributed by atoms with Crippen LogP contribution in [0.2, 0.25) is 0 Å². The second kappa shape index (κ2) is 8.85. The number of nitrogens with zero attached hydrogens (tertiary/aromatic N) is 1. The Kier molecular flexibility index (Phi) is 6.05. The van der Waals surface area contributed by atoms with Crippen LogP contribution in [0, 0.1) is 6.92 Å². The van der Waals surface area contributed by atoms with Gasteiger partial charge in [0, 0.05) is 18.4 Å². The fraction of sp³-hybridized carbons (Fsp3) is 0.182. The highest BCUT2D eigenvalue weighted by atomic mass is 16.5. The number of carbonyl (C=O) groups is 1. The number of aromatic nitrogens is 1. The maximum atomic E-state index is 12.4. The molecule has 0 aliphatic heterocycles. The molecule has 0 bridgehead atoms. The van der Waals surface area contributed by atoms with Crippen molar-refractivity contribution in [2.75, 3.05) is 24.3 Å². The number of hydrogen-bond acceptors (Lipinski definition) is 4. The zero-order chi connectivity index (χ0) is 19.1. The Balaban J connectivity index is 1.55. The molecule has 1 heterocycles. The monoisotopic (exact) mass is 361 g/mol. The predicted octanol–water partition coefficient (Wildman–Crippen LogP) is 4.31. The van der Waals surface area contributed by atoms with Gasteiger partial charge in [-0.2, -0.15) is 0 Å². The second-order valence-corrected chi connectivity index (χ2v) is 6.19. The molecular formula is C22H23N3O2. The highest BCUT2D eigenvalue weighted by Crippen LogP contribution is 2.18. The van der Waals surface area contributed by atoms with Gasteiger partial charge in [-0.25, -0.2) is 4.98 Å². The topological polar surface area (TPSA) is 63.2 Å². The van der Waals surface area contributed by atoms with Crippen molar-refractivity contribution in [3.05, 3.63) is 83.6 Å². The van der Waals surface area contributed by atoms with Crippen LogP contribution in [0.4, 0.5) is 11.5 Å². The first-order chi connectivity index (χ1) is 13.2. The minimum absolute atomic E-state index is 0.169. The molecule has 5 heteroatoms. The Labute approximate surface area is 159 Å². The van der Waals surface area contributed by atoms with E-state index in [9.17, 15) is 4.79 Å². The lowest BCUT2D eigenvalue weighted by Gasteiger charge is -2.10. The zero-order valence-electron chi connectivity index (χ0n) is 15.5. The summed E-state index contributed by atoms with van der Waals surface area (Å²) in [5.74, 6) is 1.45. The fourth-order valence-corrected chi connectivity index (χ4v) is 2.78. The second-order valence-electron chi connectivity index (χ2n) is 6.19. The molecule has 0 saturated carbocycles. The normalized spacial score (nSPS) is 10.3. The van der Waals surface area contributed by atoms with Gasteiger partial charge in [-0.3, -0.25) is 4.79 Å². The summed E-state index contributed by atoms with van der Waals surface area (Å²) in [6.07, 6.45) is 2.40. The summed E-state index contributed by atoms with van der Waals surface area (Å²) in [6.45, 7) is 2.69. The van der Waals surface area contributed by atoms with Crippen molar-refractivity contribution in [1.29, 1.82) is 0 Å². The quantitative estimate of drug-likeness (QED) is 0.658. The lowest BCUT2D eigenvalue weighted by Crippen LogP contribution is -2.13. The van der Waals surface area contributed by atoms with Crippen molar-refractivity contribution in [3.8, 4) is 5.75 Å². The molecule has 0 aliphatic carbocycles. The van der Waals surface area contributed by atoms with Crippen molar-refractivity contribution in [1.82, 2.24) is 4.98 Å². The van der Waals surface area contributed by atoms with Gasteiger partial charge in [-0.05, 0) is 48.7 Å². The van der Waals surface area contributed by atoms with Gasteiger partial charge < -0.3 is 15.4 Å². The Morgan fingerprint density at radius 2 is 1.81 bits per heavy atom. The van der Waals surface area contributed by atoms with E-state index in [4.69, 9.17) is 4.74 Å². The van der Waals surface area contributed by atoms with Crippen molar-refractivity contribution in [2.24, 2.45) is 0 Å². The van der Waals surface area contributed by atoms with Gasteiger partial charge in [0.15, 0.2) is 0 Å². The molecule has 2 N–H and O–H groups in total. The number of methoxy groups -OCH3 is 1. The van der Waals surface area contributed by atoms with Gasteiger partial charge in [-0.15, -0.1) is 0 Å². The van der Waals surface area contributed by atoms with Crippen LogP contribution < -0.4 is 15.4 Å². The van der Waals surface area contributed by atoms with Crippen LogP contribution in [-0.4, -0.2) is 24.5 Å². The van der Waals surface area contributed by atoms with Crippen LogP contribution in [0.1, 0.15) is 21.5 Å². The third-order valence-corrected chi connectivity index (χ3v) is 4.31. The summed E-state index contributed by atoms with van der Waals surface area (Å²) in [6, 6.07) is 19.2. The maximum Gasteiger partial charge on any atom is 0.257 e. The summed E-state index contributed by atoms with van der Waals surface area (Å²) in [7, 11) is 1.68. The molecule has 0 radical (unpaired) electrons. The Morgan fingerprint density at radius 1 is 1.04 bits per heavy atom. The molecule has 0 spiro atoms. The van der Waals surface area contributed by atoms with Crippen LogP contribution in [0.25, 0.3) is 0 Å². The maximum absolute atomic E-state index is 12.4. The molecule has 0 unspecified atom stereocenters. The first kappa shape index (κ1) is 18.5. The highest BCUT2D eigenvalue weighted by Gasteiger charge is 2.08. The summed E-state index contributed by atoms with van der Waals surface area (Å²) in [5.41, 5.74) is 3.49. The molecule has 1 amide bonds. The highest BCUT2D eigenvalue weighted by molar-refractivity contribution is 6.04. The van der Waals surface area contributed by atoms with Gasteiger partial charge >= 0.3 is 0 Å². The number of para-hydroxylation sites is 2. The van der Waals surface area contributed by atoms with Crippen LogP contribution in [0.3, 0.4) is 0 Å². The summed E-state index contributed by atoms with van der Waals surface area (Å²) < 4.78 is 5.36. The number of aryl methyl sites for hydroxylation is 1. The Morgan fingerprint density at radius 3 is 2.56 bits per heavy atom. The summed E-state index contributed by atoms with van der Waals surface area (Å²) in [5, 5.41) is 6.18. The van der Waals surface area contributed by atoms with Crippen LogP contribution in [-0.2, 0) is 6.42 Å². The summed E-state index contributed by atoms with van der Waals surface area (Å²) in [4.78, 5) is 16.7. The number of amides is 1. The molecule has 0 saturated heterocycles. The van der Waals surface area contributed by atoms with Crippen LogP contribution >= 0.6 is 0 Å². The molecule has 3 rings (SSSR count). The first-order valence-electron chi connectivity index (χ1n) is 8.86. The van der Waals surface area contributed by atoms with E-state index in [-0.39, 0.29) is 5.91 Å². The molecule has 0 aliphatic rings. The zero-order valence-corrected chi connectivity index (χ0v) is 15.5. The van der Waals surface area contributed by atoms with Crippen molar-refractivity contribution >= 4 is 17.4 Å². The van der Waals surface area contributed by atoms with Crippen molar-refractivity contribution in [3.63, 3.8) is 0 Å². The largest absolute Gasteiger partial charge is 0.496 e. The number of carbonyl (C=O) groups excluding carboxylic acids is 1. The van der Waals surface area contributed by atoms with E-state index in [1.54, 1.807) is 19.4 Å². The molecule has 27 heavy (non-hydrogen) atoms. The Hall–Kier alpha value is -3.34. The lowest BCUT2D eigenvalue weighted by molar-refractivity contribution is 0.102. The van der Waals surface area contributed by atoms with E-state index < -0.39 is 0 Å². The van der Waals surface area contributed by atoms with Crippen molar-refractivity contribution < 1.29 is 9.53 Å². The van der Waals surface area contributed by atoms with E-state index >= 15 is 0 Å². The Bertz CT molecular complexity index is 907. The molecule has 3 aromatic rings. The van der Waals surface area contributed by atoms with Gasteiger partial charge in [0.05, 0.1) is 12.7 Å². The SMILES string of the molecule is COc1ccccc1CCNc1ccc(C(=O)Nc2ccccc2C)cn1. The smallest absolute Gasteiger partial charge is 0.257 e. The number of ether oxygens (including phenoxy) is 1. The number of rotatable bonds is 7. The van der Waals surface area contributed by atoms with Gasteiger partial charge in [-0.1, -0.05) is 36.4 Å². The van der Waals surface area contributed by atoms with Crippen LogP contribution in [0.5, 0.6) is 5.75 Å². The standard InChI is InChI=1S/C22H23N3O2/c1-16-7-3-5-9-19(16)25-22(26)18-11-12-21(24-15-18)23-14-13-17-8-4-6-10-20(17)27-2/h3-12,15H,13-14H2,1-2H3,(H,23,24)(H,25,26). The van der Waals surface area contributed by atoms with Gasteiger partial charge in [0.25, 0.3) is 5.91 Å². The van der Waals surface area contributed by atoms with Gasteiger partial charge in [0.2, 0.25) is 0 Å². The van der Waals surface area contributed by atoms with Crippen LogP contribution in [0.15, 0.2) is 66.9 Å². The molecular weight excluding hydrogens is 338 g/mol. The number of hydrogen-bond donors (Lipinski definition) is 2. The first-order valence-corrected chi connectivity index (χ1v) is 8.86. The minimum atomic E-state index is -0.169. The van der Waals surface area contributed by atoms with E-state index in [0.717, 1.165) is 41.3 Å². The number of anilines is 2. The predicted molar refractivity (Wildman–Crippen MR) is 109 cm³/mol. The molecule has 0 atom stereocenters. The molecule has 0 fully saturated rings.